The summed E-state index contributed by atoms with van der Waals surface area (Å²) < 4.78 is 12.1. The summed E-state index contributed by atoms with van der Waals surface area (Å²) in [5.41, 5.74) is 9.85. The zero-order chi connectivity index (χ0) is 28.5. The van der Waals surface area contributed by atoms with Crippen molar-refractivity contribution in [2.45, 2.75) is 37.8 Å². The van der Waals surface area contributed by atoms with Gasteiger partial charge < -0.3 is 19.9 Å². The molecule has 0 unspecified atom stereocenters. The zero-order valence-electron chi connectivity index (χ0n) is 21.9. The Kier molecular flexibility index (Phi) is 9.90. The Morgan fingerprint density at radius 3 is 2.67 bits per heavy atom. The maximum atomic E-state index is 14.0. The van der Waals surface area contributed by atoms with Crippen LogP contribution in [0.3, 0.4) is 0 Å². The van der Waals surface area contributed by atoms with Gasteiger partial charge >= 0.3 is 0 Å². The molecule has 0 aliphatic carbocycles. The molecule has 0 saturated carbocycles. The minimum atomic E-state index is -1.49. The third kappa shape index (κ3) is 6.51. The number of carbonyl (C=O) groups is 1. The number of amides is 1. The van der Waals surface area contributed by atoms with Crippen LogP contribution in [-0.2, 0) is 16.0 Å². The molecule has 40 heavy (non-hydrogen) atoms. The molecule has 4 rings (SSSR count). The van der Waals surface area contributed by atoms with Gasteiger partial charge in [-0.05, 0) is 53.9 Å². The molecule has 0 aromatic heterocycles. The number of aliphatic imine (C=N–C) groups is 1. The molecule has 1 heterocycles. The first kappa shape index (κ1) is 29.2. The summed E-state index contributed by atoms with van der Waals surface area (Å²) in [6.07, 6.45) is 0.406. The fourth-order valence-corrected chi connectivity index (χ4v) is 4.97. The third-order valence-corrected chi connectivity index (χ3v) is 6.98. The van der Waals surface area contributed by atoms with E-state index in [2.05, 4.69) is 15.3 Å². The lowest BCUT2D eigenvalue weighted by molar-refractivity contribution is -0.128. The Bertz CT molecular complexity index is 1430. The largest absolute Gasteiger partial charge is 0.494 e. The first-order chi connectivity index (χ1) is 19.4. The van der Waals surface area contributed by atoms with E-state index in [0.29, 0.717) is 57.7 Å². The van der Waals surface area contributed by atoms with E-state index in [1.807, 2.05) is 13.0 Å². The van der Waals surface area contributed by atoms with Gasteiger partial charge in [0.1, 0.15) is 5.75 Å². The molecule has 1 aliphatic rings. The van der Waals surface area contributed by atoms with Gasteiger partial charge in [0, 0.05) is 57.8 Å². The van der Waals surface area contributed by atoms with Crippen molar-refractivity contribution >= 4 is 40.7 Å². The van der Waals surface area contributed by atoms with E-state index in [4.69, 9.17) is 48.3 Å². The second-order valence-electron chi connectivity index (χ2n) is 9.21. The van der Waals surface area contributed by atoms with Crippen LogP contribution in [0.15, 0.2) is 76.8 Å². The lowest BCUT2D eigenvalue weighted by Crippen LogP contribution is -2.50. The number of hydrogen-bond acceptors (Lipinski definition) is 6. The molecule has 2 N–H and O–H groups in total. The molecule has 0 bridgehead atoms. The van der Waals surface area contributed by atoms with Crippen LogP contribution in [0.4, 0.5) is 5.69 Å². The molecule has 2 atom stereocenters. The molecule has 0 fully saturated rings. The Morgan fingerprint density at radius 2 is 1.98 bits per heavy atom. The van der Waals surface area contributed by atoms with Crippen LogP contribution in [-0.4, -0.2) is 42.2 Å². The molecule has 0 saturated heterocycles. The zero-order valence-corrected chi connectivity index (χ0v) is 23.4. The number of rotatable bonds is 12. The molecule has 0 spiro atoms. The molecular weight excluding hydrogens is 553 g/mol. The lowest BCUT2D eigenvalue weighted by Gasteiger charge is -2.31. The Morgan fingerprint density at radius 1 is 1.20 bits per heavy atom. The minimum absolute atomic E-state index is 0.0440. The maximum absolute atomic E-state index is 14.0. The number of aliphatic hydroxyl groups is 1. The quantitative estimate of drug-likeness (QED) is 0.106. The monoisotopic (exact) mass is 581 g/mol. The van der Waals surface area contributed by atoms with Crippen molar-refractivity contribution in [2.75, 3.05) is 19.8 Å². The minimum Gasteiger partial charge on any atom is -0.494 e. The summed E-state index contributed by atoms with van der Waals surface area (Å²) in [6, 6.07) is 19.2. The van der Waals surface area contributed by atoms with Gasteiger partial charge in [-0.15, -0.1) is 0 Å². The van der Waals surface area contributed by atoms with Gasteiger partial charge in [-0.25, -0.2) is 4.99 Å². The van der Waals surface area contributed by atoms with E-state index in [9.17, 15) is 4.79 Å². The van der Waals surface area contributed by atoms with E-state index in [-0.39, 0.29) is 24.8 Å². The summed E-state index contributed by atoms with van der Waals surface area (Å²) >= 11 is 12.8. The topological polar surface area (TPSA) is 129 Å². The number of aliphatic hydroxyl groups excluding tert-OH is 1. The summed E-state index contributed by atoms with van der Waals surface area (Å²) in [7, 11) is 0. The number of nitrogens with one attached hydrogen (secondary N) is 1. The smallest absolute Gasteiger partial charge is 0.252 e. The van der Waals surface area contributed by atoms with E-state index in [0.717, 1.165) is 6.42 Å². The second kappa shape index (κ2) is 13.5. The molecule has 9 nitrogen and oxygen atoms in total. The van der Waals surface area contributed by atoms with Crippen LogP contribution in [0.1, 0.15) is 42.6 Å². The highest BCUT2D eigenvalue weighted by Gasteiger charge is 2.54. The van der Waals surface area contributed by atoms with Gasteiger partial charge in [0.15, 0.2) is 11.6 Å². The number of carbonyl (C=O) groups excluding carboxylic acids is 1. The SMILES string of the molecule is CCCNC(=O)[C@]1(Cc2ccccc2N=[N+]=[N-])N=C(c2ccc(OCCCO)cc2)O[C@@H]1c1ccc(Cl)cc1Cl. The predicted octanol–water partition coefficient (Wildman–Crippen LogP) is 6.72. The van der Waals surface area contributed by atoms with Crippen LogP contribution in [0.25, 0.3) is 10.4 Å². The molecule has 3 aromatic carbocycles. The third-order valence-electron chi connectivity index (χ3n) is 6.41. The van der Waals surface area contributed by atoms with Crippen molar-refractivity contribution in [3.63, 3.8) is 0 Å². The van der Waals surface area contributed by atoms with Crippen molar-refractivity contribution in [1.29, 1.82) is 0 Å². The highest BCUT2D eigenvalue weighted by atomic mass is 35.5. The van der Waals surface area contributed by atoms with Crippen LogP contribution < -0.4 is 10.1 Å². The Labute approximate surface area is 242 Å². The summed E-state index contributed by atoms with van der Waals surface area (Å²) in [5, 5.41) is 16.6. The number of hydrogen-bond donors (Lipinski definition) is 2. The number of ether oxygens (including phenoxy) is 2. The number of benzene rings is 3. The van der Waals surface area contributed by atoms with Gasteiger partial charge in [-0.3, -0.25) is 4.79 Å². The van der Waals surface area contributed by atoms with Gasteiger partial charge in [0.05, 0.1) is 6.61 Å². The van der Waals surface area contributed by atoms with Gasteiger partial charge in [-0.1, -0.05) is 65.6 Å². The van der Waals surface area contributed by atoms with Crippen molar-refractivity contribution < 1.29 is 19.4 Å². The number of azide groups is 1. The highest BCUT2D eigenvalue weighted by molar-refractivity contribution is 6.35. The number of nitrogens with zero attached hydrogens (tertiary/aromatic N) is 4. The molecule has 1 aliphatic heterocycles. The van der Waals surface area contributed by atoms with Crippen molar-refractivity contribution in [1.82, 2.24) is 5.32 Å². The highest BCUT2D eigenvalue weighted by Crippen LogP contribution is 2.46. The fraction of sp³-hybridized carbons (Fsp3) is 0.310. The van der Waals surface area contributed by atoms with Gasteiger partial charge in [-0.2, -0.15) is 0 Å². The summed E-state index contributed by atoms with van der Waals surface area (Å²) in [6.45, 7) is 2.82. The predicted molar refractivity (Wildman–Crippen MR) is 155 cm³/mol. The first-order valence-corrected chi connectivity index (χ1v) is 13.6. The average molecular weight is 582 g/mol. The van der Waals surface area contributed by atoms with E-state index in [1.54, 1.807) is 60.7 Å². The van der Waals surface area contributed by atoms with Crippen molar-refractivity contribution in [3.8, 4) is 5.75 Å². The molecule has 3 aromatic rings. The normalized spacial score (nSPS) is 17.9. The maximum Gasteiger partial charge on any atom is 0.252 e. The van der Waals surface area contributed by atoms with Gasteiger partial charge in [0.2, 0.25) is 5.90 Å². The van der Waals surface area contributed by atoms with Crippen LogP contribution >= 0.6 is 23.2 Å². The van der Waals surface area contributed by atoms with Gasteiger partial charge in [0.25, 0.3) is 5.91 Å². The summed E-state index contributed by atoms with van der Waals surface area (Å²) in [4.78, 5) is 21.9. The van der Waals surface area contributed by atoms with E-state index < -0.39 is 11.6 Å². The van der Waals surface area contributed by atoms with Crippen LogP contribution in [0, 0.1) is 0 Å². The lowest BCUT2D eigenvalue weighted by atomic mass is 9.81. The van der Waals surface area contributed by atoms with Crippen molar-refractivity contribution in [2.24, 2.45) is 10.1 Å². The summed E-state index contributed by atoms with van der Waals surface area (Å²) in [5.74, 6) is 0.536. The first-order valence-electron chi connectivity index (χ1n) is 12.9. The van der Waals surface area contributed by atoms with E-state index in [1.165, 1.54) is 0 Å². The van der Waals surface area contributed by atoms with Crippen molar-refractivity contribution in [3.05, 3.63) is 104 Å². The average Bonchev–Trinajstić information content (AvgIpc) is 3.33. The van der Waals surface area contributed by atoms with Crippen LogP contribution in [0.5, 0.6) is 5.75 Å². The molecule has 11 heteroatoms. The molecule has 0 radical (unpaired) electrons. The fourth-order valence-electron chi connectivity index (χ4n) is 4.46. The van der Waals surface area contributed by atoms with E-state index >= 15 is 0 Å². The Balaban J connectivity index is 1.84. The standard InChI is InChI=1S/C29H29Cl2N5O4/c1-2-14-33-28(38)29(18-20-6-3-4-7-25(20)35-36-32)26(23-13-10-21(30)17-24(23)31)40-27(34-29)19-8-11-22(12-9-19)39-16-5-15-37/h3-4,6-13,17,26,37H,2,5,14-16,18H2,1H3,(H,33,38)/t26-,29-/m1/s1. The van der Waals surface area contributed by atoms with Crippen LogP contribution in [0.2, 0.25) is 10.0 Å². The molecule has 1 amide bonds. The Hall–Kier alpha value is -3.75. The number of halogens is 2. The molecular formula is C29H29Cl2N5O4. The molecule has 208 valence electrons. The second-order valence-corrected chi connectivity index (χ2v) is 10.0.